The first-order chi connectivity index (χ1) is 13.8. The highest BCUT2D eigenvalue weighted by molar-refractivity contribution is 7.70. The molecule has 0 bridgehead atoms. The molecule has 0 saturated heterocycles. The molecule has 0 fully saturated rings. The summed E-state index contributed by atoms with van der Waals surface area (Å²) in [6.07, 6.45) is 1.41. The Morgan fingerprint density at radius 1 is 1.07 bits per heavy atom. The minimum Gasteiger partial charge on any atom is -0.497 e. The van der Waals surface area contributed by atoms with Crippen LogP contribution in [0.15, 0.2) is 48.7 Å². The molecule has 0 aliphatic rings. The molecule has 1 N–H and O–H groups in total. The number of ether oxygens (including phenoxy) is 2. The number of halogens is 2. The van der Waals surface area contributed by atoms with Crippen LogP contribution in [0.4, 0.5) is 11.5 Å². The third-order valence-electron chi connectivity index (χ3n) is 4.08. The maximum Gasteiger partial charge on any atom is 0.224 e. The number of anilines is 2. The molecule has 0 unspecified atom stereocenters. The maximum atomic E-state index is 12.9. The van der Waals surface area contributed by atoms with Gasteiger partial charge in [-0.05, 0) is 60.8 Å². The van der Waals surface area contributed by atoms with Crippen molar-refractivity contribution in [1.82, 2.24) is 9.97 Å². The van der Waals surface area contributed by atoms with Crippen LogP contribution < -0.4 is 20.1 Å². The minimum absolute atomic E-state index is 0.0640. The lowest BCUT2D eigenvalue weighted by atomic mass is 10.2. The quantitative estimate of drug-likeness (QED) is 0.384. The van der Waals surface area contributed by atoms with Gasteiger partial charge in [-0.2, -0.15) is 4.98 Å². The van der Waals surface area contributed by atoms with Crippen molar-refractivity contribution in [2.24, 2.45) is 0 Å². The molecular weight excluding hydrogens is 432 g/mol. The summed E-state index contributed by atoms with van der Waals surface area (Å²) in [4.78, 5) is 7.91. The van der Waals surface area contributed by atoms with Crippen molar-refractivity contribution < 1.29 is 14.0 Å². The van der Waals surface area contributed by atoms with Gasteiger partial charge in [0, 0.05) is 5.30 Å². The van der Waals surface area contributed by atoms with Gasteiger partial charge < -0.3 is 19.4 Å². The van der Waals surface area contributed by atoms with Crippen LogP contribution in [0.5, 0.6) is 11.5 Å². The predicted octanol–water partition coefficient (Wildman–Crippen LogP) is 5.36. The van der Waals surface area contributed by atoms with Crippen LogP contribution in [0.2, 0.25) is 10.3 Å². The van der Waals surface area contributed by atoms with Crippen molar-refractivity contribution in [3.63, 3.8) is 0 Å². The van der Waals surface area contributed by atoms with Gasteiger partial charge in [0.15, 0.2) is 5.82 Å². The second-order valence-corrected chi connectivity index (χ2v) is 10.6. The SMILES string of the molecule is COc1ccc(COc2ccc(Nc3nc(Cl)ncc3Cl)c(P(C)(C)=O)c2)cc1. The first kappa shape index (κ1) is 21.4. The number of hydrogen-bond donors (Lipinski definition) is 1. The van der Waals surface area contributed by atoms with Crippen molar-refractivity contribution in [1.29, 1.82) is 0 Å². The predicted molar refractivity (Wildman–Crippen MR) is 118 cm³/mol. The largest absolute Gasteiger partial charge is 0.497 e. The summed E-state index contributed by atoms with van der Waals surface area (Å²) in [7, 11) is -1.01. The van der Waals surface area contributed by atoms with Gasteiger partial charge in [-0.3, -0.25) is 0 Å². The first-order valence-corrected chi connectivity index (χ1v) is 12.0. The first-order valence-electron chi connectivity index (χ1n) is 8.66. The van der Waals surface area contributed by atoms with Crippen LogP contribution in [0.1, 0.15) is 5.56 Å². The van der Waals surface area contributed by atoms with Crippen LogP contribution in [-0.2, 0) is 11.2 Å². The fraction of sp³-hybridized carbons (Fsp3) is 0.200. The lowest BCUT2D eigenvalue weighted by Crippen LogP contribution is -2.11. The minimum atomic E-state index is -2.63. The van der Waals surface area contributed by atoms with E-state index in [4.69, 9.17) is 32.7 Å². The smallest absolute Gasteiger partial charge is 0.224 e. The van der Waals surface area contributed by atoms with Crippen molar-refractivity contribution >= 4 is 47.2 Å². The van der Waals surface area contributed by atoms with Gasteiger partial charge in [-0.25, -0.2) is 4.98 Å². The van der Waals surface area contributed by atoms with E-state index in [1.807, 2.05) is 24.3 Å². The van der Waals surface area contributed by atoms with E-state index < -0.39 is 7.14 Å². The van der Waals surface area contributed by atoms with E-state index in [0.717, 1.165) is 11.3 Å². The number of benzene rings is 2. The Morgan fingerprint density at radius 2 is 1.76 bits per heavy atom. The molecule has 2 aromatic carbocycles. The summed E-state index contributed by atoms with van der Waals surface area (Å²) >= 11 is 12.0. The number of nitrogens with zero attached hydrogens (tertiary/aromatic N) is 2. The number of methoxy groups -OCH3 is 1. The standard InChI is InChI=1S/C20H20Cl2N3O3P/c1-27-14-6-4-13(5-7-14)12-28-15-8-9-17(18(10-15)29(2,3)26)24-19-16(21)11-23-20(22)25-19/h4-11H,12H2,1-3H3,(H,23,24,25). The van der Waals surface area contributed by atoms with Gasteiger partial charge in [0.05, 0.1) is 19.0 Å². The zero-order chi connectivity index (χ0) is 21.0. The van der Waals surface area contributed by atoms with E-state index in [1.165, 1.54) is 6.20 Å². The lowest BCUT2D eigenvalue weighted by molar-refractivity contribution is 0.306. The van der Waals surface area contributed by atoms with E-state index in [1.54, 1.807) is 38.6 Å². The normalized spacial score (nSPS) is 11.2. The topological polar surface area (TPSA) is 73.3 Å². The number of hydrogen-bond acceptors (Lipinski definition) is 6. The van der Waals surface area contributed by atoms with Crippen LogP contribution in [0.25, 0.3) is 0 Å². The Morgan fingerprint density at radius 3 is 2.41 bits per heavy atom. The maximum absolute atomic E-state index is 12.9. The van der Waals surface area contributed by atoms with E-state index >= 15 is 0 Å². The fourth-order valence-electron chi connectivity index (χ4n) is 2.60. The lowest BCUT2D eigenvalue weighted by Gasteiger charge is -2.17. The molecule has 0 spiro atoms. The van der Waals surface area contributed by atoms with Crippen LogP contribution in [0, 0.1) is 0 Å². The summed E-state index contributed by atoms with van der Waals surface area (Å²) in [6, 6.07) is 13.0. The molecule has 0 aliphatic heterocycles. The second kappa shape index (κ2) is 9.04. The van der Waals surface area contributed by atoms with E-state index in [9.17, 15) is 4.57 Å². The van der Waals surface area contributed by atoms with Crippen molar-refractivity contribution in [3.05, 3.63) is 64.5 Å². The van der Waals surface area contributed by atoms with Gasteiger partial charge >= 0.3 is 0 Å². The molecule has 1 heterocycles. The van der Waals surface area contributed by atoms with Gasteiger partial charge in [0.1, 0.15) is 30.3 Å². The molecule has 0 radical (unpaired) electrons. The summed E-state index contributed by atoms with van der Waals surface area (Å²) in [5.41, 5.74) is 1.61. The number of nitrogens with one attached hydrogen (secondary N) is 1. The monoisotopic (exact) mass is 451 g/mol. The van der Waals surface area contributed by atoms with Crippen molar-refractivity contribution in [2.45, 2.75) is 6.61 Å². The highest BCUT2D eigenvalue weighted by Crippen LogP contribution is 2.40. The molecule has 0 aliphatic carbocycles. The Kier molecular flexibility index (Phi) is 6.68. The van der Waals surface area contributed by atoms with Gasteiger partial charge in [0.25, 0.3) is 0 Å². The van der Waals surface area contributed by atoms with Crippen molar-refractivity contribution in [2.75, 3.05) is 25.8 Å². The zero-order valence-electron chi connectivity index (χ0n) is 16.1. The Bertz CT molecular complexity index is 1060. The molecule has 9 heteroatoms. The Balaban J connectivity index is 1.83. The second-order valence-electron chi connectivity index (χ2n) is 6.63. The molecular formula is C20H20Cl2N3O3P. The van der Waals surface area contributed by atoms with Gasteiger partial charge in [-0.15, -0.1) is 0 Å². The molecule has 6 nitrogen and oxygen atoms in total. The van der Waals surface area contributed by atoms with Gasteiger partial charge in [0.2, 0.25) is 5.28 Å². The fourth-order valence-corrected chi connectivity index (χ4v) is 4.02. The molecule has 0 atom stereocenters. The van der Waals surface area contributed by atoms with E-state index in [-0.39, 0.29) is 5.28 Å². The van der Waals surface area contributed by atoms with Crippen molar-refractivity contribution in [3.8, 4) is 11.5 Å². The molecule has 3 aromatic rings. The van der Waals surface area contributed by atoms with E-state index in [2.05, 4.69) is 15.3 Å². The zero-order valence-corrected chi connectivity index (χ0v) is 18.6. The number of rotatable bonds is 7. The summed E-state index contributed by atoms with van der Waals surface area (Å²) in [5.74, 6) is 1.73. The molecule has 0 saturated carbocycles. The average Bonchev–Trinajstić information content (AvgIpc) is 2.69. The molecule has 3 rings (SSSR count). The van der Waals surface area contributed by atoms with Crippen LogP contribution >= 0.6 is 30.3 Å². The third kappa shape index (κ3) is 5.63. The molecule has 1 aromatic heterocycles. The van der Waals surface area contributed by atoms with E-state index in [0.29, 0.717) is 34.2 Å². The highest BCUT2D eigenvalue weighted by Gasteiger charge is 2.19. The summed E-state index contributed by atoms with van der Waals surface area (Å²) in [5, 5.41) is 4.09. The van der Waals surface area contributed by atoms with Gasteiger partial charge in [-0.1, -0.05) is 23.7 Å². The average molecular weight is 452 g/mol. The summed E-state index contributed by atoms with van der Waals surface area (Å²) < 4.78 is 23.9. The third-order valence-corrected chi connectivity index (χ3v) is 6.07. The van der Waals surface area contributed by atoms with Crippen LogP contribution in [-0.4, -0.2) is 30.4 Å². The summed E-state index contributed by atoms with van der Waals surface area (Å²) in [6.45, 7) is 3.76. The molecule has 152 valence electrons. The molecule has 29 heavy (non-hydrogen) atoms. The van der Waals surface area contributed by atoms with Crippen LogP contribution in [0.3, 0.4) is 0 Å². The molecule has 0 amide bonds. The number of aromatic nitrogens is 2. The highest BCUT2D eigenvalue weighted by atomic mass is 35.5. The Hall–Kier alpha value is -2.27. The Labute approximate surface area is 179 Å².